The number of ether oxygens (including phenoxy) is 2. The highest BCUT2D eigenvalue weighted by Crippen LogP contribution is 2.33. The van der Waals surface area contributed by atoms with E-state index in [0.29, 0.717) is 23.1 Å². The standard InChI is InChI=1S/C22H25N5O3/c1-5-17(23)15-9-25-21(29-4)16-10-24-19(8-14(15)16)26-18-7-6-13-20(27-18)11(2)12(3)30-22(13)28/h6-12,17H,5,23H2,1-4H3,(H,24,26,27)/t11-,12-,17-/m0/s1. The fraction of sp³-hybridized carbons (Fsp3) is 0.364. The van der Waals surface area contributed by atoms with Gasteiger partial charge in [0.05, 0.1) is 23.8 Å². The third-order valence-electron chi connectivity index (χ3n) is 5.63. The van der Waals surface area contributed by atoms with Crippen molar-refractivity contribution in [2.24, 2.45) is 5.73 Å². The van der Waals surface area contributed by atoms with E-state index in [1.54, 1.807) is 31.6 Å². The van der Waals surface area contributed by atoms with Gasteiger partial charge in [0.25, 0.3) is 0 Å². The summed E-state index contributed by atoms with van der Waals surface area (Å²) in [7, 11) is 1.58. The lowest BCUT2D eigenvalue weighted by molar-refractivity contribution is 0.0235. The van der Waals surface area contributed by atoms with Crippen molar-refractivity contribution in [3.8, 4) is 5.88 Å². The van der Waals surface area contributed by atoms with Gasteiger partial charge in [-0.25, -0.2) is 19.7 Å². The van der Waals surface area contributed by atoms with Crippen LogP contribution < -0.4 is 15.8 Å². The van der Waals surface area contributed by atoms with E-state index >= 15 is 0 Å². The van der Waals surface area contributed by atoms with Crippen LogP contribution in [0.2, 0.25) is 0 Å². The molecule has 0 radical (unpaired) electrons. The Kier molecular flexibility index (Phi) is 5.26. The highest BCUT2D eigenvalue weighted by atomic mass is 16.5. The Morgan fingerprint density at radius 3 is 2.73 bits per heavy atom. The molecular weight excluding hydrogens is 382 g/mol. The van der Waals surface area contributed by atoms with Gasteiger partial charge in [-0.05, 0) is 42.5 Å². The number of cyclic esters (lactones) is 1. The van der Waals surface area contributed by atoms with Crippen molar-refractivity contribution in [3.05, 3.63) is 47.4 Å². The Balaban J connectivity index is 1.73. The summed E-state index contributed by atoms with van der Waals surface area (Å²) in [6, 6.07) is 5.27. The molecule has 0 amide bonds. The van der Waals surface area contributed by atoms with E-state index in [9.17, 15) is 4.79 Å². The molecule has 3 N–H and O–H groups in total. The Hall–Kier alpha value is -3.26. The van der Waals surface area contributed by atoms with Gasteiger partial charge in [0, 0.05) is 24.4 Å². The molecule has 0 spiro atoms. The summed E-state index contributed by atoms with van der Waals surface area (Å²) in [5.41, 5.74) is 8.46. The molecule has 0 saturated carbocycles. The average molecular weight is 407 g/mol. The maximum absolute atomic E-state index is 12.1. The van der Waals surface area contributed by atoms with Gasteiger partial charge in [-0.3, -0.25) is 0 Å². The highest BCUT2D eigenvalue weighted by Gasteiger charge is 2.31. The van der Waals surface area contributed by atoms with Gasteiger partial charge in [-0.2, -0.15) is 0 Å². The summed E-state index contributed by atoms with van der Waals surface area (Å²) < 4.78 is 10.7. The maximum Gasteiger partial charge on any atom is 0.340 e. The molecule has 0 aliphatic carbocycles. The molecule has 8 heteroatoms. The van der Waals surface area contributed by atoms with Crippen LogP contribution in [0, 0.1) is 0 Å². The molecule has 0 bridgehead atoms. The lowest BCUT2D eigenvalue weighted by Crippen LogP contribution is -2.29. The van der Waals surface area contributed by atoms with E-state index < -0.39 is 0 Å². The molecule has 4 rings (SSSR count). The minimum absolute atomic E-state index is 0.00787. The zero-order valence-electron chi connectivity index (χ0n) is 17.5. The van der Waals surface area contributed by atoms with Crippen LogP contribution in [0.25, 0.3) is 10.8 Å². The Morgan fingerprint density at radius 2 is 2.00 bits per heavy atom. The second kappa shape index (κ2) is 7.87. The molecule has 156 valence electrons. The van der Waals surface area contributed by atoms with E-state index in [0.717, 1.165) is 28.5 Å². The molecular formula is C22H25N5O3. The number of carbonyl (C=O) groups is 1. The van der Waals surface area contributed by atoms with Crippen LogP contribution in [0.5, 0.6) is 5.88 Å². The fourth-order valence-corrected chi connectivity index (χ4v) is 3.63. The lowest BCUT2D eigenvalue weighted by atomic mass is 9.94. The Bertz CT molecular complexity index is 1120. The highest BCUT2D eigenvalue weighted by molar-refractivity contribution is 5.93. The molecule has 0 unspecified atom stereocenters. The SMILES string of the molecule is CC[C@H](N)c1cnc(OC)c2cnc(Nc3ccc4c(n3)[C@@H](C)[C@H](C)OC4=O)cc12. The second-order valence-electron chi connectivity index (χ2n) is 7.51. The number of nitrogens with one attached hydrogen (secondary N) is 1. The molecule has 1 aliphatic rings. The summed E-state index contributed by atoms with van der Waals surface area (Å²) >= 11 is 0. The number of rotatable bonds is 5. The van der Waals surface area contributed by atoms with Crippen molar-refractivity contribution >= 4 is 28.4 Å². The molecule has 1 aliphatic heterocycles. The van der Waals surface area contributed by atoms with E-state index in [-0.39, 0.29) is 24.0 Å². The summed E-state index contributed by atoms with van der Waals surface area (Å²) in [5, 5.41) is 4.97. The monoisotopic (exact) mass is 407 g/mol. The first kappa shape index (κ1) is 20.0. The van der Waals surface area contributed by atoms with Crippen molar-refractivity contribution in [1.29, 1.82) is 0 Å². The topological polar surface area (TPSA) is 112 Å². The van der Waals surface area contributed by atoms with Crippen molar-refractivity contribution in [3.63, 3.8) is 0 Å². The number of nitrogens with zero attached hydrogens (tertiary/aromatic N) is 3. The van der Waals surface area contributed by atoms with Crippen molar-refractivity contribution in [1.82, 2.24) is 15.0 Å². The van der Waals surface area contributed by atoms with Gasteiger partial charge >= 0.3 is 5.97 Å². The summed E-state index contributed by atoms with van der Waals surface area (Å²) in [5.74, 6) is 1.40. The number of esters is 1. The maximum atomic E-state index is 12.1. The normalized spacial score (nSPS) is 19.2. The second-order valence-corrected chi connectivity index (χ2v) is 7.51. The number of hydrogen-bond donors (Lipinski definition) is 2. The number of nitrogens with two attached hydrogens (primary N) is 1. The first-order valence-electron chi connectivity index (χ1n) is 10.00. The van der Waals surface area contributed by atoms with Crippen molar-refractivity contribution in [2.45, 2.75) is 45.3 Å². The van der Waals surface area contributed by atoms with Gasteiger partial charge in [0.2, 0.25) is 5.88 Å². The van der Waals surface area contributed by atoms with E-state index in [2.05, 4.69) is 20.3 Å². The van der Waals surface area contributed by atoms with Crippen molar-refractivity contribution in [2.75, 3.05) is 12.4 Å². The number of pyridine rings is 3. The van der Waals surface area contributed by atoms with Crippen LogP contribution in [-0.2, 0) is 4.74 Å². The molecule has 8 nitrogen and oxygen atoms in total. The molecule has 0 saturated heterocycles. The van der Waals surface area contributed by atoms with Gasteiger partial charge in [0.15, 0.2) is 0 Å². The fourth-order valence-electron chi connectivity index (χ4n) is 3.63. The molecule has 4 heterocycles. The minimum atomic E-state index is -0.337. The van der Waals surface area contributed by atoms with Gasteiger partial charge in [-0.15, -0.1) is 0 Å². The number of fused-ring (bicyclic) bond motifs is 2. The summed E-state index contributed by atoms with van der Waals surface area (Å²) in [6.07, 6.45) is 4.04. The molecule has 30 heavy (non-hydrogen) atoms. The van der Waals surface area contributed by atoms with E-state index in [1.165, 1.54) is 0 Å². The largest absolute Gasteiger partial charge is 0.481 e. The van der Waals surface area contributed by atoms with E-state index in [4.69, 9.17) is 15.2 Å². The molecule has 0 fully saturated rings. The third-order valence-corrected chi connectivity index (χ3v) is 5.63. The lowest BCUT2D eigenvalue weighted by Gasteiger charge is -2.27. The van der Waals surface area contributed by atoms with Crippen LogP contribution in [0.3, 0.4) is 0 Å². The minimum Gasteiger partial charge on any atom is -0.481 e. The molecule has 3 aromatic heterocycles. The first-order valence-corrected chi connectivity index (χ1v) is 10.00. The Morgan fingerprint density at radius 1 is 1.20 bits per heavy atom. The third kappa shape index (κ3) is 3.43. The van der Waals surface area contributed by atoms with E-state index in [1.807, 2.05) is 26.8 Å². The molecule has 0 aromatic carbocycles. The van der Waals surface area contributed by atoms with Crippen LogP contribution in [0.4, 0.5) is 11.6 Å². The van der Waals surface area contributed by atoms with Gasteiger partial charge in [0.1, 0.15) is 17.7 Å². The number of anilines is 2. The van der Waals surface area contributed by atoms with Crippen LogP contribution in [0.1, 0.15) is 60.8 Å². The smallest absolute Gasteiger partial charge is 0.340 e. The van der Waals surface area contributed by atoms with Gasteiger partial charge in [-0.1, -0.05) is 13.8 Å². The number of aromatic nitrogens is 3. The predicted octanol–water partition coefficient (Wildman–Crippen LogP) is 3.85. The van der Waals surface area contributed by atoms with Crippen molar-refractivity contribution < 1.29 is 14.3 Å². The van der Waals surface area contributed by atoms with Crippen LogP contribution in [-0.4, -0.2) is 34.1 Å². The zero-order chi connectivity index (χ0) is 21.4. The number of hydrogen-bond acceptors (Lipinski definition) is 8. The van der Waals surface area contributed by atoms with Crippen LogP contribution >= 0.6 is 0 Å². The molecule has 3 aromatic rings. The van der Waals surface area contributed by atoms with Crippen LogP contribution in [0.15, 0.2) is 30.6 Å². The Labute approximate surface area is 174 Å². The predicted molar refractivity (Wildman–Crippen MR) is 114 cm³/mol. The quantitative estimate of drug-likeness (QED) is 0.613. The zero-order valence-corrected chi connectivity index (χ0v) is 17.5. The number of methoxy groups -OCH3 is 1. The number of carbonyl (C=O) groups excluding carboxylic acids is 1. The molecule has 3 atom stereocenters. The van der Waals surface area contributed by atoms with Gasteiger partial charge < -0.3 is 20.5 Å². The average Bonchev–Trinajstić information content (AvgIpc) is 2.76. The summed E-state index contributed by atoms with van der Waals surface area (Å²) in [4.78, 5) is 25.6. The summed E-state index contributed by atoms with van der Waals surface area (Å²) in [6.45, 7) is 5.90. The first-order chi connectivity index (χ1) is 14.4.